The van der Waals surface area contributed by atoms with E-state index >= 15 is 0 Å². The van der Waals surface area contributed by atoms with Gasteiger partial charge in [0.25, 0.3) is 0 Å². The number of rotatable bonds is 3. The number of likely N-dealkylation sites (tertiary alicyclic amines) is 1. The molecule has 2 N–H and O–H groups in total. The van der Waals surface area contributed by atoms with Gasteiger partial charge in [-0.05, 0) is 18.1 Å². The summed E-state index contributed by atoms with van der Waals surface area (Å²) in [5.74, 6) is 5.15. The van der Waals surface area contributed by atoms with Gasteiger partial charge in [0.15, 0.2) is 0 Å². The van der Waals surface area contributed by atoms with Gasteiger partial charge in [0.05, 0.1) is 6.10 Å². The van der Waals surface area contributed by atoms with Gasteiger partial charge < -0.3 is 0 Å². The summed E-state index contributed by atoms with van der Waals surface area (Å²) in [4.78, 5) is 11.2. The number of aromatic nitrogens is 1. The topological polar surface area (TPSA) is 51.4 Å². The van der Waals surface area contributed by atoms with E-state index < -0.39 is 0 Å². The van der Waals surface area contributed by atoms with Crippen molar-refractivity contribution in [1.82, 2.24) is 9.88 Å². The number of hydrogen-bond acceptors (Lipinski definition) is 4. The summed E-state index contributed by atoms with van der Waals surface area (Å²) in [7, 11) is 0. The lowest BCUT2D eigenvalue weighted by Gasteiger charge is -2.14. The first-order chi connectivity index (χ1) is 6.88. The first-order valence-electron chi connectivity index (χ1n) is 4.85. The van der Waals surface area contributed by atoms with Crippen molar-refractivity contribution >= 4 is 0 Å². The van der Waals surface area contributed by atoms with Crippen LogP contribution in [0.1, 0.15) is 12.0 Å². The highest BCUT2D eigenvalue weighted by Crippen LogP contribution is 2.13. The monoisotopic (exact) mass is 193 g/mol. The Morgan fingerprint density at radius 2 is 2.57 bits per heavy atom. The quantitative estimate of drug-likeness (QED) is 0.712. The van der Waals surface area contributed by atoms with Crippen LogP contribution in [0.5, 0.6) is 0 Å². The Kier molecular flexibility index (Phi) is 3.08. The molecule has 2 heterocycles. The molecule has 0 aromatic carbocycles. The Bertz CT molecular complexity index is 278. The van der Waals surface area contributed by atoms with Crippen molar-refractivity contribution < 1.29 is 4.84 Å². The van der Waals surface area contributed by atoms with Crippen LogP contribution in [0.25, 0.3) is 0 Å². The smallest absolute Gasteiger partial charge is 0.0926 e. The maximum atomic E-state index is 5.15. The van der Waals surface area contributed by atoms with E-state index in [-0.39, 0.29) is 6.10 Å². The van der Waals surface area contributed by atoms with E-state index in [2.05, 4.69) is 16.0 Å². The van der Waals surface area contributed by atoms with E-state index in [1.165, 1.54) is 5.56 Å². The zero-order chi connectivity index (χ0) is 9.80. The second kappa shape index (κ2) is 4.50. The summed E-state index contributed by atoms with van der Waals surface area (Å²) in [5.41, 5.74) is 1.24. The van der Waals surface area contributed by atoms with E-state index in [1.807, 2.05) is 12.3 Å². The van der Waals surface area contributed by atoms with Crippen molar-refractivity contribution in [3.8, 4) is 0 Å². The highest BCUT2D eigenvalue weighted by atomic mass is 16.6. The van der Waals surface area contributed by atoms with E-state index in [0.717, 1.165) is 26.1 Å². The maximum absolute atomic E-state index is 5.15. The van der Waals surface area contributed by atoms with E-state index in [9.17, 15) is 0 Å². The molecule has 1 aromatic rings. The van der Waals surface area contributed by atoms with Gasteiger partial charge in [-0.15, -0.1) is 0 Å². The zero-order valence-electron chi connectivity index (χ0n) is 8.10. The summed E-state index contributed by atoms with van der Waals surface area (Å²) >= 11 is 0. The fraction of sp³-hybridized carbons (Fsp3) is 0.500. The summed E-state index contributed by atoms with van der Waals surface area (Å²) in [6, 6.07) is 4.05. The van der Waals surface area contributed by atoms with Crippen molar-refractivity contribution in [1.29, 1.82) is 0 Å². The third kappa shape index (κ3) is 2.29. The van der Waals surface area contributed by atoms with Gasteiger partial charge in [0, 0.05) is 32.0 Å². The lowest BCUT2D eigenvalue weighted by molar-refractivity contribution is 0.0589. The molecule has 0 radical (unpaired) electrons. The van der Waals surface area contributed by atoms with E-state index in [1.54, 1.807) is 6.20 Å². The van der Waals surface area contributed by atoms with Crippen molar-refractivity contribution in [2.45, 2.75) is 19.1 Å². The SMILES string of the molecule is NOC1CCN(Cc2cccnc2)C1. The molecule has 1 aliphatic heterocycles. The molecule has 0 spiro atoms. The molecule has 0 aliphatic carbocycles. The second-order valence-corrected chi connectivity index (χ2v) is 3.64. The van der Waals surface area contributed by atoms with Crippen molar-refractivity contribution in [3.05, 3.63) is 30.1 Å². The average molecular weight is 193 g/mol. The molecule has 2 rings (SSSR count). The molecule has 76 valence electrons. The summed E-state index contributed by atoms with van der Waals surface area (Å²) in [5, 5.41) is 0. The fourth-order valence-electron chi connectivity index (χ4n) is 1.80. The van der Waals surface area contributed by atoms with Crippen LogP contribution in [0.15, 0.2) is 24.5 Å². The molecule has 1 unspecified atom stereocenters. The molecule has 0 bridgehead atoms. The summed E-state index contributed by atoms with van der Waals surface area (Å²) in [6.45, 7) is 2.91. The van der Waals surface area contributed by atoms with Gasteiger partial charge in [-0.1, -0.05) is 6.07 Å². The first-order valence-corrected chi connectivity index (χ1v) is 4.85. The number of nitrogens with two attached hydrogens (primary N) is 1. The van der Waals surface area contributed by atoms with Crippen molar-refractivity contribution in [2.75, 3.05) is 13.1 Å². The number of hydrogen-bond donors (Lipinski definition) is 1. The Morgan fingerprint density at radius 1 is 1.64 bits per heavy atom. The normalized spacial score (nSPS) is 22.8. The molecule has 0 amide bonds. The van der Waals surface area contributed by atoms with Gasteiger partial charge in [-0.3, -0.25) is 14.7 Å². The Morgan fingerprint density at radius 3 is 3.21 bits per heavy atom. The fourth-order valence-corrected chi connectivity index (χ4v) is 1.80. The minimum absolute atomic E-state index is 0.201. The predicted octanol–water partition coefficient (Wildman–Crippen LogP) is 0.546. The molecular weight excluding hydrogens is 178 g/mol. The Labute approximate surface area is 83.6 Å². The van der Waals surface area contributed by atoms with Gasteiger partial charge >= 0.3 is 0 Å². The third-order valence-electron chi connectivity index (χ3n) is 2.55. The lowest BCUT2D eigenvalue weighted by Crippen LogP contribution is -2.24. The molecule has 0 saturated carbocycles. The zero-order valence-corrected chi connectivity index (χ0v) is 8.10. The van der Waals surface area contributed by atoms with Crippen LogP contribution in [0.2, 0.25) is 0 Å². The van der Waals surface area contributed by atoms with E-state index in [0.29, 0.717) is 0 Å². The molecule has 1 aliphatic rings. The Balaban J connectivity index is 1.88. The average Bonchev–Trinajstić information content (AvgIpc) is 2.67. The maximum Gasteiger partial charge on any atom is 0.0926 e. The second-order valence-electron chi connectivity index (χ2n) is 3.64. The van der Waals surface area contributed by atoms with E-state index in [4.69, 9.17) is 10.7 Å². The molecule has 1 atom stereocenters. The molecular formula is C10H15N3O. The highest BCUT2D eigenvalue weighted by Gasteiger charge is 2.22. The molecule has 14 heavy (non-hydrogen) atoms. The molecule has 1 fully saturated rings. The summed E-state index contributed by atoms with van der Waals surface area (Å²) < 4.78 is 0. The van der Waals surface area contributed by atoms with Crippen LogP contribution in [-0.4, -0.2) is 29.1 Å². The van der Waals surface area contributed by atoms with Crippen molar-refractivity contribution in [3.63, 3.8) is 0 Å². The predicted molar refractivity (Wildman–Crippen MR) is 53.2 cm³/mol. The van der Waals surface area contributed by atoms with Gasteiger partial charge in [-0.2, -0.15) is 0 Å². The molecule has 4 nitrogen and oxygen atoms in total. The minimum atomic E-state index is 0.201. The molecule has 1 aromatic heterocycles. The molecule has 1 saturated heterocycles. The number of nitrogens with zero attached hydrogens (tertiary/aromatic N) is 2. The van der Waals surface area contributed by atoms with Crippen LogP contribution in [0.4, 0.5) is 0 Å². The lowest BCUT2D eigenvalue weighted by atomic mass is 10.3. The first kappa shape index (κ1) is 9.58. The summed E-state index contributed by atoms with van der Waals surface area (Å²) in [6.07, 6.45) is 4.92. The van der Waals surface area contributed by atoms with Gasteiger partial charge in [0.2, 0.25) is 0 Å². The minimum Gasteiger partial charge on any atom is -0.300 e. The molecule has 4 heteroatoms. The van der Waals surface area contributed by atoms with Crippen LogP contribution < -0.4 is 5.90 Å². The largest absolute Gasteiger partial charge is 0.300 e. The van der Waals surface area contributed by atoms with Crippen molar-refractivity contribution in [2.24, 2.45) is 5.90 Å². The highest BCUT2D eigenvalue weighted by molar-refractivity contribution is 5.08. The van der Waals surface area contributed by atoms with Crippen LogP contribution in [0, 0.1) is 0 Å². The third-order valence-corrected chi connectivity index (χ3v) is 2.55. The number of pyridine rings is 1. The van der Waals surface area contributed by atoms with Crippen LogP contribution in [0.3, 0.4) is 0 Å². The standard InChI is InChI=1S/C10H15N3O/c11-14-10-3-5-13(8-10)7-9-2-1-4-12-6-9/h1-2,4,6,10H,3,5,7-8,11H2. The Hall–Kier alpha value is -0.970. The van der Waals surface area contributed by atoms with Gasteiger partial charge in [-0.25, -0.2) is 5.90 Å². The van der Waals surface area contributed by atoms with Gasteiger partial charge in [0.1, 0.15) is 0 Å². The van der Waals surface area contributed by atoms with Crippen LogP contribution >= 0.6 is 0 Å². The van der Waals surface area contributed by atoms with Crippen LogP contribution in [-0.2, 0) is 11.4 Å².